The second-order valence-corrected chi connectivity index (χ2v) is 5.99. The number of carbonyl (C=O) groups excluding carboxylic acids is 1. The average Bonchev–Trinajstić information content (AvgIpc) is 2.98. The van der Waals surface area contributed by atoms with E-state index >= 15 is 0 Å². The van der Waals surface area contributed by atoms with E-state index in [0.29, 0.717) is 28.3 Å². The van der Waals surface area contributed by atoms with Crippen LogP contribution in [-0.2, 0) is 12.7 Å². The predicted octanol–water partition coefficient (Wildman–Crippen LogP) is 4.30. The van der Waals surface area contributed by atoms with Crippen LogP contribution in [0.4, 0.5) is 13.2 Å². The van der Waals surface area contributed by atoms with Crippen LogP contribution in [0.15, 0.2) is 47.0 Å². The summed E-state index contributed by atoms with van der Waals surface area (Å²) in [4.78, 5) is 16.7. The summed E-state index contributed by atoms with van der Waals surface area (Å²) in [7, 11) is 0. The highest BCUT2D eigenvalue weighted by atomic mass is 19.4. The van der Waals surface area contributed by atoms with Crippen LogP contribution in [0.2, 0.25) is 0 Å². The lowest BCUT2D eigenvalue weighted by atomic mass is 10.1. The van der Waals surface area contributed by atoms with Gasteiger partial charge in [0.2, 0.25) is 0 Å². The summed E-state index contributed by atoms with van der Waals surface area (Å²) in [5.74, 6) is 0.0996. The lowest BCUT2D eigenvalue weighted by Gasteiger charge is -2.10. The second-order valence-electron chi connectivity index (χ2n) is 5.99. The minimum absolute atomic E-state index is 0.0417. The quantitative estimate of drug-likeness (QED) is 0.738. The summed E-state index contributed by atoms with van der Waals surface area (Å²) < 4.78 is 43.4. The lowest BCUT2D eigenvalue weighted by molar-refractivity contribution is -0.137. The van der Waals surface area contributed by atoms with Gasteiger partial charge in [-0.25, -0.2) is 4.98 Å². The molecular weight excluding hydrogens is 359 g/mol. The van der Waals surface area contributed by atoms with Crippen molar-refractivity contribution >= 4 is 5.91 Å². The van der Waals surface area contributed by atoms with Gasteiger partial charge in [-0.1, -0.05) is 23.4 Å². The van der Waals surface area contributed by atoms with E-state index in [1.54, 1.807) is 26.0 Å². The van der Waals surface area contributed by atoms with E-state index in [0.717, 1.165) is 12.1 Å². The van der Waals surface area contributed by atoms with E-state index in [9.17, 15) is 18.0 Å². The molecule has 0 bridgehead atoms. The highest BCUT2D eigenvalue weighted by Gasteiger charge is 2.30. The van der Waals surface area contributed by atoms with E-state index < -0.39 is 17.6 Å². The number of alkyl halides is 3. The molecule has 3 rings (SSSR count). The number of aryl methyl sites for hydroxylation is 2. The number of halogens is 3. The first-order chi connectivity index (χ1) is 12.8. The van der Waals surface area contributed by atoms with Crippen molar-refractivity contribution in [3.8, 4) is 11.3 Å². The van der Waals surface area contributed by atoms with E-state index in [-0.39, 0.29) is 12.2 Å². The fourth-order valence-electron chi connectivity index (χ4n) is 2.68. The summed E-state index contributed by atoms with van der Waals surface area (Å²) in [5, 5.41) is 6.45. The molecule has 5 nitrogen and oxygen atoms in total. The third-order valence-electron chi connectivity index (χ3n) is 3.98. The van der Waals surface area contributed by atoms with Gasteiger partial charge in [-0.2, -0.15) is 13.2 Å². The molecule has 0 saturated carbocycles. The Labute approximate surface area is 153 Å². The molecule has 2 aromatic heterocycles. The highest BCUT2D eigenvalue weighted by molar-refractivity contribution is 5.92. The third-order valence-corrected chi connectivity index (χ3v) is 3.98. The molecule has 0 aliphatic rings. The molecule has 1 amide bonds. The van der Waals surface area contributed by atoms with Gasteiger partial charge in [-0.15, -0.1) is 0 Å². The predicted molar refractivity (Wildman–Crippen MR) is 91.8 cm³/mol. The summed E-state index contributed by atoms with van der Waals surface area (Å²) >= 11 is 0. The first kappa shape index (κ1) is 18.6. The van der Waals surface area contributed by atoms with Crippen LogP contribution in [-0.4, -0.2) is 16.0 Å². The number of hydrogen-bond donors (Lipinski definition) is 1. The third kappa shape index (κ3) is 4.16. The zero-order valence-corrected chi connectivity index (χ0v) is 14.6. The van der Waals surface area contributed by atoms with E-state index in [1.807, 2.05) is 0 Å². The van der Waals surface area contributed by atoms with Gasteiger partial charge >= 0.3 is 6.18 Å². The Balaban J connectivity index is 1.75. The van der Waals surface area contributed by atoms with E-state index in [4.69, 9.17) is 4.52 Å². The SMILES string of the molecule is Cc1noc(C)c1-c1cccc(C(=O)NCc2cccc(C(F)(F)F)c2)n1. The Kier molecular flexibility index (Phi) is 4.98. The standard InChI is InChI=1S/C19H16F3N3O2/c1-11-17(12(2)27-25-11)15-7-4-8-16(24-15)18(26)23-10-13-5-3-6-14(9-13)19(20,21)22/h3-9H,10H2,1-2H3,(H,23,26). The van der Waals surface area contributed by atoms with Crippen LogP contribution in [0.25, 0.3) is 11.3 Å². The molecular formula is C19H16F3N3O2. The number of aromatic nitrogens is 2. The number of pyridine rings is 1. The van der Waals surface area contributed by atoms with Gasteiger partial charge in [0, 0.05) is 6.54 Å². The topological polar surface area (TPSA) is 68.0 Å². The zero-order valence-electron chi connectivity index (χ0n) is 14.6. The van der Waals surface area contributed by atoms with Crippen molar-refractivity contribution in [1.82, 2.24) is 15.5 Å². The molecule has 1 N–H and O–H groups in total. The van der Waals surface area contributed by atoms with E-state index in [2.05, 4.69) is 15.5 Å². The molecule has 3 aromatic rings. The molecule has 0 aliphatic heterocycles. The van der Waals surface area contributed by atoms with Gasteiger partial charge in [0.15, 0.2) is 0 Å². The van der Waals surface area contributed by atoms with Gasteiger partial charge in [0.1, 0.15) is 11.5 Å². The maximum Gasteiger partial charge on any atom is 0.416 e. The molecule has 8 heteroatoms. The van der Waals surface area contributed by atoms with Crippen LogP contribution >= 0.6 is 0 Å². The van der Waals surface area contributed by atoms with Crippen molar-refractivity contribution in [3.63, 3.8) is 0 Å². The Morgan fingerprint density at radius 1 is 1.15 bits per heavy atom. The van der Waals surface area contributed by atoms with Gasteiger partial charge in [-0.05, 0) is 43.7 Å². The molecule has 0 fully saturated rings. The number of hydrogen-bond acceptors (Lipinski definition) is 4. The zero-order chi connectivity index (χ0) is 19.6. The molecule has 0 unspecified atom stereocenters. The van der Waals surface area contributed by atoms with Crippen LogP contribution < -0.4 is 5.32 Å². The van der Waals surface area contributed by atoms with Gasteiger partial charge < -0.3 is 9.84 Å². The average molecular weight is 375 g/mol. The minimum atomic E-state index is -4.43. The molecule has 2 heterocycles. The molecule has 1 aromatic carbocycles. The monoisotopic (exact) mass is 375 g/mol. The van der Waals surface area contributed by atoms with Crippen molar-refractivity contribution < 1.29 is 22.5 Å². The fraction of sp³-hybridized carbons (Fsp3) is 0.211. The maximum absolute atomic E-state index is 12.8. The Bertz CT molecular complexity index is 961. The Morgan fingerprint density at radius 3 is 2.56 bits per heavy atom. The van der Waals surface area contributed by atoms with Crippen LogP contribution in [0.1, 0.15) is 33.1 Å². The van der Waals surface area contributed by atoms with Crippen LogP contribution in [0, 0.1) is 13.8 Å². The lowest BCUT2D eigenvalue weighted by Crippen LogP contribution is -2.24. The summed E-state index contributed by atoms with van der Waals surface area (Å²) in [6, 6.07) is 9.75. The molecule has 27 heavy (non-hydrogen) atoms. The largest absolute Gasteiger partial charge is 0.416 e. The number of carbonyl (C=O) groups is 1. The van der Waals surface area contributed by atoms with Gasteiger partial charge in [0.05, 0.1) is 22.5 Å². The maximum atomic E-state index is 12.8. The van der Waals surface area contributed by atoms with Crippen LogP contribution in [0.5, 0.6) is 0 Å². The molecule has 140 valence electrons. The number of benzene rings is 1. The van der Waals surface area contributed by atoms with Crippen molar-refractivity contribution in [2.24, 2.45) is 0 Å². The van der Waals surface area contributed by atoms with Crippen LogP contribution in [0.3, 0.4) is 0 Å². The number of nitrogens with one attached hydrogen (secondary N) is 1. The Morgan fingerprint density at radius 2 is 1.89 bits per heavy atom. The molecule has 0 aliphatic carbocycles. The van der Waals surface area contributed by atoms with Crippen molar-refractivity contribution in [3.05, 3.63) is 70.7 Å². The van der Waals surface area contributed by atoms with Gasteiger partial charge in [0.25, 0.3) is 5.91 Å². The highest BCUT2D eigenvalue weighted by Crippen LogP contribution is 2.29. The minimum Gasteiger partial charge on any atom is -0.361 e. The van der Waals surface area contributed by atoms with Crippen molar-refractivity contribution in [2.45, 2.75) is 26.6 Å². The number of nitrogens with zero attached hydrogens (tertiary/aromatic N) is 2. The molecule has 0 atom stereocenters. The molecule has 0 saturated heterocycles. The first-order valence-corrected chi connectivity index (χ1v) is 8.10. The fourth-order valence-corrected chi connectivity index (χ4v) is 2.68. The second kappa shape index (κ2) is 7.22. The summed E-state index contributed by atoms with van der Waals surface area (Å²) in [6.45, 7) is 3.48. The van der Waals surface area contributed by atoms with Gasteiger partial charge in [-0.3, -0.25) is 4.79 Å². The Hall–Kier alpha value is -3.16. The summed E-state index contributed by atoms with van der Waals surface area (Å²) in [5.41, 5.74) is 1.65. The number of rotatable bonds is 4. The van der Waals surface area contributed by atoms with E-state index in [1.165, 1.54) is 18.2 Å². The molecule has 0 spiro atoms. The first-order valence-electron chi connectivity index (χ1n) is 8.10. The smallest absolute Gasteiger partial charge is 0.361 e. The van der Waals surface area contributed by atoms with Crippen molar-refractivity contribution in [2.75, 3.05) is 0 Å². The normalized spacial score (nSPS) is 11.4. The molecule has 0 radical (unpaired) electrons. The summed E-state index contributed by atoms with van der Waals surface area (Å²) in [6.07, 6.45) is -4.43. The number of amides is 1. The van der Waals surface area contributed by atoms with Crippen molar-refractivity contribution in [1.29, 1.82) is 0 Å².